The van der Waals surface area contributed by atoms with Gasteiger partial charge in [0.25, 0.3) is 0 Å². The van der Waals surface area contributed by atoms with Gasteiger partial charge >= 0.3 is 0 Å². The number of sulfone groups is 1. The predicted octanol–water partition coefficient (Wildman–Crippen LogP) is 3.79. The van der Waals surface area contributed by atoms with Gasteiger partial charge < -0.3 is 5.11 Å². The van der Waals surface area contributed by atoms with Gasteiger partial charge in [0.2, 0.25) is 10.0 Å². The van der Waals surface area contributed by atoms with Crippen LogP contribution in [-0.2, 0) is 19.9 Å². The maximum Gasteiger partial charge on any atom is 0.243 e. The minimum Gasteiger partial charge on any atom is -0.391 e. The normalized spacial score (nSPS) is 13.6. The lowest BCUT2D eigenvalue weighted by Crippen LogP contribution is -2.42. The molecule has 11 heteroatoms. The van der Waals surface area contributed by atoms with Crippen LogP contribution in [0.15, 0.2) is 69.5 Å². The summed E-state index contributed by atoms with van der Waals surface area (Å²) >= 11 is 0. The van der Waals surface area contributed by atoms with E-state index in [2.05, 4.69) is 10.0 Å². The molecule has 0 aromatic heterocycles. The van der Waals surface area contributed by atoms with E-state index in [0.717, 1.165) is 5.56 Å². The molecule has 0 saturated carbocycles. The van der Waals surface area contributed by atoms with Crippen molar-refractivity contribution in [2.75, 3.05) is 19.3 Å². The van der Waals surface area contributed by atoms with Crippen molar-refractivity contribution in [3.63, 3.8) is 0 Å². The summed E-state index contributed by atoms with van der Waals surface area (Å²) in [6, 6.07) is 14.2. The average Bonchev–Trinajstić information content (AvgIpc) is 2.74. The highest BCUT2D eigenvalue weighted by Gasteiger charge is 2.28. The van der Waals surface area contributed by atoms with Crippen LogP contribution in [0, 0.1) is 12.8 Å². The van der Waals surface area contributed by atoms with Crippen LogP contribution in [-0.4, -0.2) is 57.7 Å². The number of hydrogen-bond donors (Lipinski definition) is 1. The zero-order chi connectivity index (χ0) is 25.2. The second-order valence-electron chi connectivity index (χ2n) is 8.13. The predicted molar refractivity (Wildman–Crippen MR) is 129 cm³/mol. The molecule has 0 fully saturated rings. The molecule has 9 nitrogen and oxygen atoms in total. The van der Waals surface area contributed by atoms with E-state index >= 15 is 0 Å². The Morgan fingerprint density at radius 1 is 0.939 bits per heavy atom. The number of aliphatic hydroxyl groups excluding tert-OH is 1. The van der Waals surface area contributed by atoms with Crippen molar-refractivity contribution in [3.8, 4) is 0 Å². The fraction of sp³-hybridized carbons (Fsp3) is 0.455. The Kier molecular flexibility index (Phi) is 11.0. The van der Waals surface area contributed by atoms with Crippen LogP contribution in [0.1, 0.15) is 26.3 Å². The van der Waals surface area contributed by atoms with Crippen molar-refractivity contribution in [3.05, 3.63) is 70.6 Å². The van der Waals surface area contributed by atoms with E-state index in [9.17, 15) is 21.9 Å². The number of benzene rings is 2. The second-order valence-corrected chi connectivity index (χ2v) is 12.1. The minimum absolute atomic E-state index is 0.0976. The highest BCUT2D eigenvalue weighted by atomic mass is 32.2. The zero-order valence-electron chi connectivity index (χ0n) is 19.5. The minimum atomic E-state index is -3.70. The van der Waals surface area contributed by atoms with Gasteiger partial charge in [0.15, 0.2) is 9.84 Å². The topological polar surface area (TPSA) is 141 Å². The molecular weight excluding hydrogens is 464 g/mol. The van der Waals surface area contributed by atoms with Crippen molar-refractivity contribution < 1.29 is 21.9 Å². The van der Waals surface area contributed by atoms with Crippen molar-refractivity contribution in [2.24, 2.45) is 11.0 Å². The number of aryl methyl sites for hydroxylation is 1. The summed E-state index contributed by atoms with van der Waals surface area (Å²) in [4.78, 5) is 3.20. The Bertz CT molecular complexity index is 1130. The van der Waals surface area contributed by atoms with Gasteiger partial charge in [-0.2, -0.15) is 4.31 Å². The first-order valence-electron chi connectivity index (χ1n) is 10.3. The van der Waals surface area contributed by atoms with E-state index < -0.39 is 32.0 Å². The van der Waals surface area contributed by atoms with E-state index in [-0.39, 0.29) is 23.9 Å². The summed E-state index contributed by atoms with van der Waals surface area (Å²) in [5.41, 5.74) is 9.49. The summed E-state index contributed by atoms with van der Waals surface area (Å²) in [5, 5.41) is 13.5. The molecule has 0 aliphatic heterocycles. The molecule has 33 heavy (non-hydrogen) atoms. The van der Waals surface area contributed by atoms with Crippen LogP contribution in [0.3, 0.4) is 0 Å². The van der Waals surface area contributed by atoms with Gasteiger partial charge in [0.05, 0.1) is 21.9 Å². The van der Waals surface area contributed by atoms with Crippen LogP contribution in [0.5, 0.6) is 0 Å². The molecule has 2 aromatic rings. The van der Waals surface area contributed by atoms with Crippen LogP contribution in [0.2, 0.25) is 0 Å². The highest BCUT2D eigenvalue weighted by Crippen LogP contribution is 2.18. The molecule has 0 amide bonds. The smallest absolute Gasteiger partial charge is 0.243 e. The Morgan fingerprint density at radius 2 is 1.48 bits per heavy atom. The number of aliphatic hydroxyl groups is 1. The Balaban J connectivity index is 0.000000412. The van der Waals surface area contributed by atoms with Gasteiger partial charge in [-0.1, -0.05) is 61.8 Å². The monoisotopic (exact) mass is 496 g/mol. The van der Waals surface area contributed by atoms with E-state index in [1.165, 1.54) is 22.7 Å². The maximum absolute atomic E-state index is 12.7. The summed E-state index contributed by atoms with van der Waals surface area (Å²) in [7, 11) is -6.72. The van der Waals surface area contributed by atoms with Gasteiger partial charge in [-0.25, -0.2) is 16.8 Å². The Labute approximate surface area is 196 Å². The van der Waals surface area contributed by atoms with E-state index in [0.29, 0.717) is 4.90 Å². The lowest BCUT2D eigenvalue weighted by Gasteiger charge is -2.27. The molecule has 0 bridgehead atoms. The Hall–Kier alpha value is -2.43. The largest absolute Gasteiger partial charge is 0.391 e. The van der Waals surface area contributed by atoms with Gasteiger partial charge in [-0.05, 0) is 42.6 Å². The first kappa shape index (κ1) is 28.6. The Morgan fingerprint density at radius 3 is 1.94 bits per heavy atom. The van der Waals surface area contributed by atoms with Crippen molar-refractivity contribution in [1.82, 2.24) is 4.31 Å². The third-order valence-corrected chi connectivity index (χ3v) is 7.55. The van der Waals surface area contributed by atoms with Crippen molar-refractivity contribution >= 4 is 19.9 Å². The molecule has 2 aromatic carbocycles. The van der Waals surface area contributed by atoms with Gasteiger partial charge in [0, 0.05) is 24.3 Å². The van der Waals surface area contributed by atoms with Crippen LogP contribution < -0.4 is 0 Å². The third kappa shape index (κ3) is 9.53. The molecule has 0 aliphatic rings. The standard InChI is InChI=1S/C14H22N4O3S.C8H10O2S/c1-11(2)9-18(10-14(19)12(3)16-17-15)22(20,21)13-7-5-4-6-8-13;1-7-3-5-8(6-4-7)11(2,9)10/h4-8,11-12,14,19H,9-10H2,1-3H3;3-6H,1-2H3/t12-,14?;/m0./s1. The highest BCUT2D eigenvalue weighted by molar-refractivity contribution is 7.90. The van der Waals surface area contributed by atoms with Crippen LogP contribution in [0.4, 0.5) is 0 Å². The van der Waals surface area contributed by atoms with E-state index in [1.807, 2.05) is 20.8 Å². The molecule has 2 rings (SSSR count). The molecule has 0 radical (unpaired) electrons. The molecule has 0 heterocycles. The summed E-state index contributed by atoms with van der Waals surface area (Å²) in [5.74, 6) is 0.0976. The molecule has 0 spiro atoms. The van der Waals surface area contributed by atoms with E-state index in [4.69, 9.17) is 5.53 Å². The first-order valence-corrected chi connectivity index (χ1v) is 13.7. The van der Waals surface area contributed by atoms with Crippen LogP contribution >= 0.6 is 0 Å². The summed E-state index contributed by atoms with van der Waals surface area (Å²) < 4.78 is 48.5. The second kappa shape index (κ2) is 12.7. The zero-order valence-corrected chi connectivity index (χ0v) is 21.2. The number of hydrogen-bond acceptors (Lipinski definition) is 6. The van der Waals surface area contributed by atoms with Gasteiger partial charge in [0.1, 0.15) is 0 Å². The van der Waals surface area contributed by atoms with Crippen molar-refractivity contribution in [1.29, 1.82) is 0 Å². The first-order chi connectivity index (χ1) is 15.3. The maximum atomic E-state index is 12.7. The number of rotatable bonds is 9. The molecule has 0 aliphatic carbocycles. The number of azide groups is 1. The molecule has 1 unspecified atom stereocenters. The molecule has 182 valence electrons. The lowest BCUT2D eigenvalue weighted by molar-refractivity contribution is 0.122. The van der Waals surface area contributed by atoms with Gasteiger partial charge in [-0.15, -0.1) is 0 Å². The number of sulfonamides is 1. The summed E-state index contributed by atoms with van der Waals surface area (Å²) in [6.07, 6.45) is 0.144. The fourth-order valence-corrected chi connectivity index (χ4v) is 5.00. The van der Waals surface area contributed by atoms with Crippen LogP contribution in [0.25, 0.3) is 10.4 Å². The third-order valence-electron chi connectivity index (χ3n) is 4.58. The molecular formula is C22H32N4O5S2. The fourth-order valence-electron chi connectivity index (χ4n) is 2.72. The SMILES string of the molecule is CC(C)CN(CC(O)[C@H](C)N=[N+]=[N-])S(=O)(=O)c1ccccc1.Cc1ccc(S(C)(=O)=O)cc1. The summed E-state index contributed by atoms with van der Waals surface area (Å²) in [6.45, 7) is 7.43. The van der Waals surface area contributed by atoms with E-state index in [1.54, 1.807) is 49.4 Å². The van der Waals surface area contributed by atoms with Crippen molar-refractivity contribution in [2.45, 2.75) is 49.6 Å². The lowest BCUT2D eigenvalue weighted by atomic mass is 10.2. The molecule has 1 N–H and O–H groups in total. The number of nitrogens with zero attached hydrogens (tertiary/aromatic N) is 4. The molecule has 0 saturated heterocycles. The van der Waals surface area contributed by atoms with Gasteiger partial charge in [-0.3, -0.25) is 0 Å². The average molecular weight is 497 g/mol. The quantitative estimate of drug-likeness (QED) is 0.319. The molecule has 2 atom stereocenters.